The Kier molecular flexibility index (Phi) is 4.80. The lowest BCUT2D eigenvalue weighted by atomic mass is 10.1. The molecule has 2 aromatic heterocycles. The molecule has 0 aliphatic carbocycles. The van der Waals surface area contributed by atoms with Crippen LogP contribution in [0.3, 0.4) is 0 Å². The van der Waals surface area contributed by atoms with Crippen molar-refractivity contribution in [3.8, 4) is 0 Å². The molecule has 0 aliphatic rings. The molecule has 0 bridgehead atoms. The minimum atomic E-state index is -1.18. The van der Waals surface area contributed by atoms with Gasteiger partial charge in [-0.05, 0) is 54.8 Å². The number of carboxylic acid groups (broad SMARTS) is 1. The summed E-state index contributed by atoms with van der Waals surface area (Å²) >= 11 is 1.62. The van der Waals surface area contributed by atoms with E-state index in [1.165, 1.54) is 17.7 Å². The third kappa shape index (κ3) is 3.52. The molecule has 5 nitrogen and oxygen atoms in total. The molecular formula is C15H17NO4S. The summed E-state index contributed by atoms with van der Waals surface area (Å²) in [5.41, 5.74) is 1.18. The number of amides is 1. The molecule has 0 aromatic carbocycles. The summed E-state index contributed by atoms with van der Waals surface area (Å²) in [5.74, 6) is -1.62. The predicted molar refractivity (Wildman–Crippen MR) is 79.9 cm³/mol. The minimum absolute atomic E-state index is 0.00970. The Morgan fingerprint density at radius 2 is 2.05 bits per heavy atom. The van der Waals surface area contributed by atoms with Gasteiger partial charge in [0.1, 0.15) is 0 Å². The zero-order valence-electron chi connectivity index (χ0n) is 11.9. The van der Waals surface area contributed by atoms with E-state index in [0.29, 0.717) is 6.54 Å². The molecule has 0 saturated heterocycles. The van der Waals surface area contributed by atoms with E-state index >= 15 is 0 Å². The number of carboxylic acids is 1. The van der Waals surface area contributed by atoms with Crippen molar-refractivity contribution in [2.45, 2.75) is 26.3 Å². The molecule has 0 fully saturated rings. The maximum atomic E-state index is 12.4. The Hall–Kier alpha value is -2.08. The fourth-order valence-electron chi connectivity index (χ4n) is 2.22. The molecule has 112 valence electrons. The van der Waals surface area contributed by atoms with Gasteiger partial charge in [-0.15, -0.1) is 0 Å². The first-order valence-corrected chi connectivity index (χ1v) is 7.62. The molecule has 2 rings (SSSR count). The van der Waals surface area contributed by atoms with Gasteiger partial charge >= 0.3 is 5.97 Å². The van der Waals surface area contributed by atoms with Gasteiger partial charge < -0.3 is 14.4 Å². The monoisotopic (exact) mass is 307 g/mol. The third-order valence-electron chi connectivity index (χ3n) is 3.27. The van der Waals surface area contributed by atoms with E-state index in [1.54, 1.807) is 16.2 Å². The second kappa shape index (κ2) is 6.58. The van der Waals surface area contributed by atoms with E-state index in [1.807, 2.05) is 25.3 Å². The first-order chi connectivity index (χ1) is 10.0. The average molecular weight is 307 g/mol. The molecule has 0 saturated carbocycles. The molecule has 0 aliphatic heterocycles. The summed E-state index contributed by atoms with van der Waals surface area (Å²) in [5, 5.41) is 12.9. The highest BCUT2D eigenvalue weighted by Gasteiger charge is 2.24. The van der Waals surface area contributed by atoms with Gasteiger partial charge in [-0.3, -0.25) is 4.79 Å². The third-order valence-corrected chi connectivity index (χ3v) is 4.00. The van der Waals surface area contributed by atoms with E-state index in [9.17, 15) is 9.59 Å². The number of rotatable bonds is 6. The second-order valence-electron chi connectivity index (χ2n) is 4.74. The van der Waals surface area contributed by atoms with Crippen molar-refractivity contribution in [1.82, 2.24) is 4.90 Å². The number of likely N-dealkylation sites (N-methyl/N-ethyl adjacent to an activating group) is 1. The molecule has 6 heteroatoms. The number of aromatic carboxylic acids is 1. The van der Waals surface area contributed by atoms with Crippen molar-refractivity contribution in [2.24, 2.45) is 0 Å². The first kappa shape index (κ1) is 15.3. The topological polar surface area (TPSA) is 70.8 Å². The highest BCUT2D eigenvalue weighted by Crippen LogP contribution is 2.16. The lowest BCUT2D eigenvalue weighted by Crippen LogP contribution is -2.39. The quantitative estimate of drug-likeness (QED) is 0.890. The van der Waals surface area contributed by atoms with Gasteiger partial charge in [-0.25, -0.2) is 4.79 Å². The molecular weight excluding hydrogens is 290 g/mol. The van der Waals surface area contributed by atoms with Gasteiger partial charge in [-0.2, -0.15) is 11.3 Å². The summed E-state index contributed by atoms with van der Waals surface area (Å²) in [4.78, 5) is 24.9. The maximum Gasteiger partial charge on any atom is 0.371 e. The van der Waals surface area contributed by atoms with Gasteiger partial charge in [0.15, 0.2) is 5.76 Å². The van der Waals surface area contributed by atoms with Gasteiger partial charge in [0.2, 0.25) is 5.76 Å². The normalized spacial score (nSPS) is 12.1. The van der Waals surface area contributed by atoms with Crippen LogP contribution in [0.25, 0.3) is 0 Å². The Morgan fingerprint density at radius 3 is 2.57 bits per heavy atom. The van der Waals surface area contributed by atoms with Crippen LogP contribution in [0.1, 0.15) is 40.5 Å². The Morgan fingerprint density at radius 1 is 1.33 bits per heavy atom. The van der Waals surface area contributed by atoms with E-state index in [2.05, 4.69) is 5.38 Å². The van der Waals surface area contributed by atoms with Gasteiger partial charge in [0, 0.05) is 12.6 Å². The molecule has 2 aromatic rings. The number of thiophene rings is 1. The van der Waals surface area contributed by atoms with Crippen LogP contribution in [0.2, 0.25) is 0 Å². The summed E-state index contributed by atoms with van der Waals surface area (Å²) in [6.45, 7) is 4.40. The highest BCUT2D eigenvalue weighted by molar-refractivity contribution is 7.07. The number of hydrogen-bond donors (Lipinski definition) is 1. The number of nitrogens with zero attached hydrogens (tertiary/aromatic N) is 1. The van der Waals surface area contributed by atoms with Crippen molar-refractivity contribution >= 4 is 23.2 Å². The standard InChI is InChI=1S/C15H17NO4S/c1-3-16(10(2)8-11-6-7-21-9-11)14(17)12-4-5-13(20-12)15(18)19/h4-7,9-10H,3,8H2,1-2H3,(H,18,19). The number of hydrogen-bond acceptors (Lipinski definition) is 4. The van der Waals surface area contributed by atoms with Crippen molar-refractivity contribution in [2.75, 3.05) is 6.54 Å². The van der Waals surface area contributed by atoms with Crippen LogP contribution in [0.15, 0.2) is 33.4 Å². The van der Waals surface area contributed by atoms with Gasteiger partial charge in [0.25, 0.3) is 5.91 Å². The van der Waals surface area contributed by atoms with Crippen molar-refractivity contribution in [3.05, 3.63) is 46.0 Å². The SMILES string of the molecule is CCN(C(=O)c1ccc(C(=O)O)o1)C(C)Cc1ccsc1. The van der Waals surface area contributed by atoms with Crippen LogP contribution in [-0.4, -0.2) is 34.5 Å². The summed E-state index contributed by atoms with van der Waals surface area (Å²) in [7, 11) is 0. The zero-order chi connectivity index (χ0) is 15.4. The average Bonchev–Trinajstić information content (AvgIpc) is 3.09. The minimum Gasteiger partial charge on any atom is -0.475 e. The maximum absolute atomic E-state index is 12.4. The van der Waals surface area contributed by atoms with Gasteiger partial charge in [0.05, 0.1) is 0 Å². The Balaban J connectivity index is 2.11. The molecule has 1 unspecified atom stereocenters. The van der Waals surface area contributed by atoms with Crippen molar-refractivity contribution in [3.63, 3.8) is 0 Å². The molecule has 1 atom stereocenters. The van der Waals surface area contributed by atoms with E-state index < -0.39 is 5.97 Å². The Labute approximate surface area is 126 Å². The van der Waals surface area contributed by atoms with Crippen LogP contribution < -0.4 is 0 Å². The van der Waals surface area contributed by atoms with Crippen LogP contribution >= 0.6 is 11.3 Å². The fourth-order valence-corrected chi connectivity index (χ4v) is 2.91. The van der Waals surface area contributed by atoms with Crippen molar-refractivity contribution in [1.29, 1.82) is 0 Å². The van der Waals surface area contributed by atoms with E-state index in [-0.39, 0.29) is 23.5 Å². The van der Waals surface area contributed by atoms with Crippen LogP contribution in [0.5, 0.6) is 0 Å². The second-order valence-corrected chi connectivity index (χ2v) is 5.52. The Bertz CT molecular complexity index is 617. The number of furan rings is 1. The lowest BCUT2D eigenvalue weighted by Gasteiger charge is -2.27. The molecule has 0 spiro atoms. The highest BCUT2D eigenvalue weighted by atomic mass is 32.1. The van der Waals surface area contributed by atoms with Crippen LogP contribution in [0, 0.1) is 0 Å². The van der Waals surface area contributed by atoms with Crippen LogP contribution in [0.4, 0.5) is 0 Å². The number of carbonyl (C=O) groups excluding carboxylic acids is 1. The summed E-state index contributed by atoms with van der Waals surface area (Å²) in [6.07, 6.45) is 0.760. The number of carbonyl (C=O) groups is 2. The molecule has 1 N–H and O–H groups in total. The van der Waals surface area contributed by atoms with Crippen molar-refractivity contribution < 1.29 is 19.1 Å². The smallest absolute Gasteiger partial charge is 0.371 e. The van der Waals surface area contributed by atoms with E-state index in [0.717, 1.165) is 6.42 Å². The molecule has 2 heterocycles. The summed E-state index contributed by atoms with van der Waals surface area (Å²) < 4.78 is 5.09. The lowest BCUT2D eigenvalue weighted by molar-refractivity contribution is 0.0635. The fraction of sp³-hybridized carbons (Fsp3) is 0.333. The summed E-state index contributed by atoms with van der Waals surface area (Å²) in [6, 6.07) is 4.75. The predicted octanol–water partition coefficient (Wildman–Crippen LogP) is 3.13. The van der Waals surface area contributed by atoms with Crippen LogP contribution in [-0.2, 0) is 6.42 Å². The van der Waals surface area contributed by atoms with E-state index in [4.69, 9.17) is 9.52 Å². The molecule has 0 radical (unpaired) electrons. The molecule has 1 amide bonds. The molecule has 21 heavy (non-hydrogen) atoms. The largest absolute Gasteiger partial charge is 0.475 e. The zero-order valence-corrected chi connectivity index (χ0v) is 12.7. The first-order valence-electron chi connectivity index (χ1n) is 6.68. The van der Waals surface area contributed by atoms with Gasteiger partial charge in [-0.1, -0.05) is 0 Å².